The molecule has 3 aromatic rings. The number of rotatable bonds is 7. The summed E-state index contributed by atoms with van der Waals surface area (Å²) in [6.07, 6.45) is 0.476. The lowest BCUT2D eigenvalue weighted by Crippen LogP contribution is -2.23. The van der Waals surface area contributed by atoms with Crippen molar-refractivity contribution in [2.45, 2.75) is 20.3 Å². The highest BCUT2D eigenvalue weighted by Crippen LogP contribution is 2.32. The van der Waals surface area contributed by atoms with E-state index in [1.807, 2.05) is 25.1 Å². The van der Waals surface area contributed by atoms with Crippen molar-refractivity contribution < 1.29 is 4.92 Å². The number of thiazole rings is 1. The van der Waals surface area contributed by atoms with Gasteiger partial charge in [-0.05, 0) is 43.7 Å². The van der Waals surface area contributed by atoms with E-state index in [4.69, 9.17) is 5.26 Å². The molecule has 0 aliphatic heterocycles. The maximum atomic E-state index is 10.9. The van der Waals surface area contributed by atoms with E-state index < -0.39 is 4.92 Å². The van der Waals surface area contributed by atoms with Crippen LogP contribution in [0.2, 0.25) is 0 Å². The van der Waals surface area contributed by atoms with Gasteiger partial charge in [0, 0.05) is 30.9 Å². The molecule has 1 aromatic heterocycles. The van der Waals surface area contributed by atoms with E-state index >= 15 is 0 Å². The SMILES string of the molecule is CCN(CCC#N)c1ccc(/N=N/c2nc3ccc([N+](=O)[O-])cc3s2)c(C)c1. The Morgan fingerprint density at radius 2 is 2.11 bits per heavy atom. The largest absolute Gasteiger partial charge is 0.371 e. The molecule has 3 rings (SSSR count). The van der Waals surface area contributed by atoms with Gasteiger partial charge in [0.1, 0.15) is 0 Å². The maximum absolute atomic E-state index is 10.9. The summed E-state index contributed by atoms with van der Waals surface area (Å²) in [7, 11) is 0. The van der Waals surface area contributed by atoms with Crippen LogP contribution in [-0.4, -0.2) is 23.0 Å². The molecule has 1 heterocycles. The highest BCUT2D eigenvalue weighted by atomic mass is 32.1. The van der Waals surface area contributed by atoms with Crippen molar-refractivity contribution in [2.24, 2.45) is 10.2 Å². The molecule has 0 aliphatic rings. The van der Waals surface area contributed by atoms with Gasteiger partial charge in [-0.1, -0.05) is 11.3 Å². The Kier molecular flexibility index (Phi) is 5.91. The molecule has 0 aliphatic carbocycles. The van der Waals surface area contributed by atoms with Crippen LogP contribution in [-0.2, 0) is 0 Å². The average molecular weight is 394 g/mol. The molecule has 28 heavy (non-hydrogen) atoms. The molecule has 0 atom stereocenters. The fourth-order valence-electron chi connectivity index (χ4n) is 2.76. The first-order chi connectivity index (χ1) is 13.5. The number of nitriles is 1. The molecule has 0 spiro atoms. The van der Waals surface area contributed by atoms with Crippen molar-refractivity contribution in [2.75, 3.05) is 18.0 Å². The number of aromatic nitrogens is 1. The van der Waals surface area contributed by atoms with Gasteiger partial charge in [-0.2, -0.15) is 5.26 Å². The molecule has 0 N–H and O–H groups in total. The zero-order valence-corrected chi connectivity index (χ0v) is 16.3. The number of non-ortho nitro benzene ring substituents is 1. The Morgan fingerprint density at radius 1 is 1.29 bits per heavy atom. The first-order valence-corrected chi connectivity index (χ1v) is 9.52. The molecule has 9 heteroatoms. The van der Waals surface area contributed by atoms with E-state index in [-0.39, 0.29) is 5.69 Å². The minimum Gasteiger partial charge on any atom is -0.371 e. The Bertz CT molecular complexity index is 1090. The fourth-order valence-corrected chi connectivity index (χ4v) is 3.58. The van der Waals surface area contributed by atoms with Crippen LogP contribution in [0.15, 0.2) is 46.6 Å². The quantitative estimate of drug-likeness (QED) is 0.291. The van der Waals surface area contributed by atoms with Gasteiger partial charge in [0.05, 0.1) is 33.3 Å². The third kappa shape index (κ3) is 4.29. The topological polar surface area (TPSA) is 108 Å². The van der Waals surface area contributed by atoms with Gasteiger partial charge in [0.2, 0.25) is 5.13 Å². The molecular weight excluding hydrogens is 376 g/mol. The highest BCUT2D eigenvalue weighted by molar-refractivity contribution is 7.21. The summed E-state index contributed by atoms with van der Waals surface area (Å²) in [5, 5.41) is 28.6. The number of hydrogen-bond acceptors (Lipinski definition) is 8. The highest BCUT2D eigenvalue weighted by Gasteiger charge is 2.10. The molecule has 142 valence electrons. The summed E-state index contributed by atoms with van der Waals surface area (Å²) in [4.78, 5) is 16.9. The fraction of sp³-hybridized carbons (Fsp3) is 0.263. The lowest BCUT2D eigenvalue weighted by Gasteiger charge is -2.22. The van der Waals surface area contributed by atoms with Crippen LogP contribution in [0.1, 0.15) is 18.9 Å². The predicted molar refractivity (Wildman–Crippen MR) is 110 cm³/mol. The summed E-state index contributed by atoms with van der Waals surface area (Å²) < 4.78 is 0.700. The van der Waals surface area contributed by atoms with Crippen LogP contribution in [0.3, 0.4) is 0 Å². The van der Waals surface area contributed by atoms with E-state index in [1.165, 1.54) is 23.5 Å². The van der Waals surface area contributed by atoms with E-state index in [9.17, 15) is 10.1 Å². The molecule has 0 unspecified atom stereocenters. The smallest absolute Gasteiger partial charge is 0.270 e. The molecular formula is C19H18N6O2S. The van der Waals surface area contributed by atoms with Crippen molar-refractivity contribution >= 4 is 43.7 Å². The minimum atomic E-state index is -0.429. The summed E-state index contributed by atoms with van der Waals surface area (Å²) in [6.45, 7) is 5.51. The molecule has 0 saturated carbocycles. The monoisotopic (exact) mass is 394 g/mol. The lowest BCUT2D eigenvalue weighted by molar-refractivity contribution is -0.384. The number of azo groups is 1. The van der Waals surface area contributed by atoms with Crippen molar-refractivity contribution in [3.8, 4) is 6.07 Å². The second kappa shape index (κ2) is 8.54. The summed E-state index contributed by atoms with van der Waals surface area (Å²) in [5.41, 5.74) is 3.43. The van der Waals surface area contributed by atoms with E-state index in [0.29, 0.717) is 28.3 Å². The zero-order valence-electron chi connectivity index (χ0n) is 15.5. The van der Waals surface area contributed by atoms with E-state index in [0.717, 1.165) is 23.5 Å². The van der Waals surface area contributed by atoms with E-state index in [1.54, 1.807) is 6.07 Å². The maximum Gasteiger partial charge on any atom is 0.270 e. The first-order valence-electron chi connectivity index (χ1n) is 8.71. The number of hydrogen-bond donors (Lipinski definition) is 0. The van der Waals surface area contributed by atoms with Crippen molar-refractivity contribution in [3.63, 3.8) is 0 Å². The van der Waals surface area contributed by atoms with Crippen LogP contribution in [0.25, 0.3) is 10.2 Å². The number of benzene rings is 2. The average Bonchev–Trinajstić information content (AvgIpc) is 3.10. The standard InChI is InChI=1S/C19H18N6O2S/c1-3-24(10-4-9-20)14-5-7-16(13(2)11-14)22-23-19-21-17-8-6-15(25(26)27)12-18(17)28-19/h5-8,11-12H,3-4,10H2,1-2H3/b23-22+. The first kappa shape index (κ1) is 19.4. The molecule has 8 nitrogen and oxygen atoms in total. The zero-order chi connectivity index (χ0) is 20.1. The summed E-state index contributed by atoms with van der Waals surface area (Å²) in [5.74, 6) is 0. The van der Waals surface area contributed by atoms with Gasteiger partial charge in [0.25, 0.3) is 5.69 Å². The number of nitro benzene ring substituents is 1. The lowest BCUT2D eigenvalue weighted by atomic mass is 10.1. The van der Waals surface area contributed by atoms with Gasteiger partial charge in [-0.3, -0.25) is 10.1 Å². The van der Waals surface area contributed by atoms with Crippen LogP contribution in [0.4, 0.5) is 22.2 Å². The number of nitrogens with zero attached hydrogens (tertiary/aromatic N) is 6. The molecule has 0 fully saturated rings. The van der Waals surface area contributed by atoms with Gasteiger partial charge in [-0.15, -0.1) is 10.2 Å². The summed E-state index contributed by atoms with van der Waals surface area (Å²) >= 11 is 1.26. The van der Waals surface area contributed by atoms with Gasteiger partial charge in [0.15, 0.2) is 0 Å². The molecule has 0 bridgehead atoms. The van der Waals surface area contributed by atoms with Gasteiger partial charge >= 0.3 is 0 Å². The number of anilines is 1. The second-order valence-corrected chi connectivity index (χ2v) is 7.07. The van der Waals surface area contributed by atoms with Crippen LogP contribution < -0.4 is 4.90 Å². The van der Waals surface area contributed by atoms with Crippen LogP contribution >= 0.6 is 11.3 Å². The van der Waals surface area contributed by atoms with Crippen LogP contribution in [0.5, 0.6) is 0 Å². The molecule has 0 radical (unpaired) electrons. The Labute approximate surface area is 165 Å². The third-order valence-electron chi connectivity index (χ3n) is 4.24. The predicted octanol–water partition coefficient (Wildman–Crippen LogP) is 5.67. The number of aryl methyl sites for hydroxylation is 1. The molecule has 0 amide bonds. The van der Waals surface area contributed by atoms with Crippen molar-refractivity contribution in [3.05, 3.63) is 52.1 Å². The van der Waals surface area contributed by atoms with Gasteiger partial charge < -0.3 is 4.90 Å². The van der Waals surface area contributed by atoms with Gasteiger partial charge in [-0.25, -0.2) is 4.98 Å². The number of fused-ring (bicyclic) bond motifs is 1. The van der Waals surface area contributed by atoms with E-state index in [2.05, 4.69) is 33.1 Å². The third-order valence-corrected chi connectivity index (χ3v) is 5.14. The Balaban J connectivity index is 1.81. The Morgan fingerprint density at radius 3 is 2.79 bits per heavy atom. The Hall–Kier alpha value is -3.38. The van der Waals surface area contributed by atoms with Crippen molar-refractivity contribution in [1.82, 2.24) is 4.98 Å². The normalized spacial score (nSPS) is 11.0. The minimum absolute atomic E-state index is 0.0305. The van der Waals surface area contributed by atoms with Crippen molar-refractivity contribution in [1.29, 1.82) is 5.26 Å². The molecule has 2 aromatic carbocycles. The number of nitro groups is 1. The summed E-state index contributed by atoms with van der Waals surface area (Å²) in [6, 6.07) is 12.6. The van der Waals surface area contributed by atoms with Crippen LogP contribution in [0, 0.1) is 28.4 Å². The molecule has 0 saturated heterocycles. The second-order valence-electron chi connectivity index (χ2n) is 6.06.